The molecule has 1 N–H and O–H groups in total. The van der Waals surface area contributed by atoms with Crippen LogP contribution < -0.4 is 0 Å². The van der Waals surface area contributed by atoms with E-state index in [0.717, 1.165) is 0 Å². The number of carbonyl (C=O) groups is 2. The molecule has 0 bridgehead atoms. The van der Waals surface area contributed by atoms with Gasteiger partial charge in [-0.15, -0.1) is 0 Å². The van der Waals surface area contributed by atoms with Gasteiger partial charge in [-0.25, -0.2) is 4.39 Å². The molecule has 1 amide bonds. The van der Waals surface area contributed by atoms with Gasteiger partial charge in [-0.3, -0.25) is 14.5 Å². The number of hydrogen-bond acceptors (Lipinski definition) is 3. The van der Waals surface area contributed by atoms with Gasteiger partial charge in [0.15, 0.2) is 0 Å². The average molecular weight is 329 g/mol. The molecule has 2 rings (SSSR count). The average Bonchev–Trinajstić information content (AvgIpc) is 2.47. The van der Waals surface area contributed by atoms with E-state index in [4.69, 9.17) is 16.7 Å². The van der Waals surface area contributed by atoms with Crippen LogP contribution in [0.4, 0.5) is 4.39 Å². The first-order valence-electron chi connectivity index (χ1n) is 7.16. The number of halogens is 2. The molecule has 0 atom stereocenters. The van der Waals surface area contributed by atoms with Crippen LogP contribution in [0.2, 0.25) is 5.02 Å². The monoisotopic (exact) mass is 328 g/mol. The standard InChI is InChI=1S/C15H18ClFN2O3/c16-11-3-1-4-12(17)14(11)15(22)19-9-7-18(8-10-19)6-2-5-13(20)21/h1,3-4H,2,5-10H2,(H,20,21). The highest BCUT2D eigenvalue weighted by molar-refractivity contribution is 6.33. The minimum atomic E-state index is -0.803. The van der Waals surface area contributed by atoms with Crippen molar-refractivity contribution < 1.29 is 19.1 Å². The van der Waals surface area contributed by atoms with E-state index in [1.54, 1.807) is 4.90 Å². The van der Waals surface area contributed by atoms with Crippen molar-refractivity contribution in [2.24, 2.45) is 0 Å². The number of aliphatic carboxylic acids is 1. The fraction of sp³-hybridized carbons (Fsp3) is 0.467. The second-order valence-electron chi connectivity index (χ2n) is 5.23. The van der Waals surface area contributed by atoms with Crippen LogP contribution in [0.5, 0.6) is 0 Å². The van der Waals surface area contributed by atoms with Gasteiger partial charge < -0.3 is 10.0 Å². The van der Waals surface area contributed by atoms with E-state index in [1.165, 1.54) is 18.2 Å². The molecular formula is C15H18ClFN2O3. The van der Waals surface area contributed by atoms with E-state index >= 15 is 0 Å². The van der Waals surface area contributed by atoms with Crippen LogP contribution in [0, 0.1) is 5.82 Å². The van der Waals surface area contributed by atoms with Crippen molar-refractivity contribution in [2.45, 2.75) is 12.8 Å². The van der Waals surface area contributed by atoms with Crippen molar-refractivity contribution in [3.63, 3.8) is 0 Å². The van der Waals surface area contributed by atoms with Gasteiger partial charge >= 0.3 is 5.97 Å². The molecule has 7 heteroatoms. The Kier molecular flexibility index (Phi) is 5.74. The molecule has 0 spiro atoms. The summed E-state index contributed by atoms with van der Waals surface area (Å²) in [6, 6.07) is 4.19. The van der Waals surface area contributed by atoms with Crippen molar-refractivity contribution in [1.29, 1.82) is 0 Å². The molecule has 0 aromatic heterocycles. The number of nitrogens with zero attached hydrogens (tertiary/aromatic N) is 2. The van der Waals surface area contributed by atoms with Crippen molar-refractivity contribution in [3.05, 3.63) is 34.6 Å². The van der Waals surface area contributed by atoms with Gasteiger partial charge in [0.05, 0.1) is 10.6 Å². The maximum atomic E-state index is 13.8. The lowest BCUT2D eigenvalue weighted by atomic mass is 10.1. The summed E-state index contributed by atoms with van der Waals surface area (Å²) < 4.78 is 13.8. The Morgan fingerprint density at radius 2 is 1.91 bits per heavy atom. The molecule has 120 valence electrons. The minimum Gasteiger partial charge on any atom is -0.481 e. The molecule has 1 heterocycles. The first kappa shape index (κ1) is 16.7. The number of carboxylic acids is 1. The maximum Gasteiger partial charge on any atom is 0.303 e. The smallest absolute Gasteiger partial charge is 0.303 e. The van der Waals surface area contributed by atoms with Crippen molar-refractivity contribution in [1.82, 2.24) is 9.80 Å². The van der Waals surface area contributed by atoms with E-state index in [2.05, 4.69) is 4.90 Å². The molecule has 0 aliphatic carbocycles. The summed E-state index contributed by atoms with van der Waals surface area (Å²) in [5.41, 5.74) is -0.0801. The molecule has 1 saturated heterocycles. The molecule has 1 aromatic rings. The molecule has 1 aromatic carbocycles. The van der Waals surface area contributed by atoms with Crippen LogP contribution in [0.1, 0.15) is 23.2 Å². The molecule has 0 radical (unpaired) electrons. The van der Waals surface area contributed by atoms with E-state index < -0.39 is 17.7 Å². The molecule has 1 aliphatic rings. The molecule has 1 aliphatic heterocycles. The number of piperazine rings is 1. The van der Waals surface area contributed by atoms with E-state index in [9.17, 15) is 14.0 Å². The normalized spacial score (nSPS) is 15.8. The molecule has 22 heavy (non-hydrogen) atoms. The van der Waals surface area contributed by atoms with Gasteiger partial charge in [-0.2, -0.15) is 0 Å². The van der Waals surface area contributed by atoms with E-state index in [-0.39, 0.29) is 17.0 Å². The molecule has 1 fully saturated rings. The second kappa shape index (κ2) is 7.56. The van der Waals surface area contributed by atoms with Gasteiger partial charge in [0.1, 0.15) is 5.82 Å². The summed E-state index contributed by atoms with van der Waals surface area (Å²) in [5, 5.41) is 8.74. The highest BCUT2D eigenvalue weighted by Crippen LogP contribution is 2.21. The van der Waals surface area contributed by atoms with Crippen LogP contribution >= 0.6 is 11.6 Å². The third-order valence-corrected chi connectivity index (χ3v) is 4.02. The Bertz CT molecular complexity index is 539. The SMILES string of the molecule is O=C(O)CCCN1CCN(C(=O)c2c(F)cccc2Cl)CC1. The lowest BCUT2D eigenvalue weighted by Crippen LogP contribution is -2.49. The van der Waals surface area contributed by atoms with Crippen LogP contribution in [0.3, 0.4) is 0 Å². The Balaban J connectivity index is 1.89. The Labute approximate surface area is 133 Å². The lowest BCUT2D eigenvalue weighted by Gasteiger charge is -2.34. The molecule has 0 saturated carbocycles. The number of amides is 1. The molecule has 0 unspecified atom stereocenters. The lowest BCUT2D eigenvalue weighted by molar-refractivity contribution is -0.137. The van der Waals surface area contributed by atoms with Crippen LogP contribution in [-0.4, -0.2) is 59.5 Å². The van der Waals surface area contributed by atoms with Gasteiger partial charge in [0, 0.05) is 32.6 Å². The number of carbonyl (C=O) groups excluding carboxylic acids is 1. The summed E-state index contributed by atoms with van der Waals surface area (Å²) >= 11 is 5.92. The van der Waals surface area contributed by atoms with Crippen molar-refractivity contribution in [3.8, 4) is 0 Å². The van der Waals surface area contributed by atoms with Crippen molar-refractivity contribution in [2.75, 3.05) is 32.7 Å². The fourth-order valence-corrected chi connectivity index (χ4v) is 2.73. The predicted octanol–water partition coefficient (Wildman–Crippen LogP) is 2.10. The zero-order valence-corrected chi connectivity index (χ0v) is 12.9. The number of rotatable bonds is 5. The Morgan fingerprint density at radius 3 is 2.50 bits per heavy atom. The third kappa shape index (κ3) is 4.18. The summed E-state index contributed by atoms with van der Waals surface area (Å²) in [6.07, 6.45) is 0.729. The quantitative estimate of drug-likeness (QED) is 0.899. The first-order valence-corrected chi connectivity index (χ1v) is 7.54. The molecular weight excluding hydrogens is 311 g/mol. The second-order valence-corrected chi connectivity index (χ2v) is 5.63. The van der Waals surface area contributed by atoms with Crippen LogP contribution in [-0.2, 0) is 4.79 Å². The highest BCUT2D eigenvalue weighted by Gasteiger charge is 2.25. The summed E-state index contributed by atoms with van der Waals surface area (Å²) in [4.78, 5) is 26.5. The number of hydrogen-bond donors (Lipinski definition) is 1. The largest absolute Gasteiger partial charge is 0.481 e. The topological polar surface area (TPSA) is 60.9 Å². The zero-order chi connectivity index (χ0) is 16.1. The first-order chi connectivity index (χ1) is 10.5. The van der Waals surface area contributed by atoms with Crippen LogP contribution in [0.15, 0.2) is 18.2 Å². The number of carboxylic acid groups (broad SMARTS) is 1. The van der Waals surface area contributed by atoms with Gasteiger partial charge in [0.25, 0.3) is 5.91 Å². The zero-order valence-electron chi connectivity index (χ0n) is 12.1. The summed E-state index contributed by atoms with van der Waals surface area (Å²) in [6.45, 7) is 2.96. The van der Waals surface area contributed by atoms with Crippen molar-refractivity contribution >= 4 is 23.5 Å². The molecule has 5 nitrogen and oxygen atoms in total. The third-order valence-electron chi connectivity index (χ3n) is 3.70. The maximum absolute atomic E-state index is 13.8. The Morgan fingerprint density at radius 1 is 1.23 bits per heavy atom. The van der Waals surface area contributed by atoms with E-state index in [0.29, 0.717) is 39.1 Å². The van der Waals surface area contributed by atoms with Gasteiger partial charge in [-0.1, -0.05) is 17.7 Å². The highest BCUT2D eigenvalue weighted by atomic mass is 35.5. The fourth-order valence-electron chi connectivity index (χ4n) is 2.49. The number of benzene rings is 1. The summed E-state index contributed by atoms with van der Waals surface area (Å²) in [5.74, 6) is -1.81. The van der Waals surface area contributed by atoms with Crippen LogP contribution in [0.25, 0.3) is 0 Å². The minimum absolute atomic E-state index is 0.0801. The predicted molar refractivity (Wildman–Crippen MR) is 80.6 cm³/mol. The summed E-state index contributed by atoms with van der Waals surface area (Å²) in [7, 11) is 0. The van der Waals surface area contributed by atoms with Gasteiger partial charge in [0.2, 0.25) is 0 Å². The van der Waals surface area contributed by atoms with Gasteiger partial charge in [-0.05, 0) is 25.1 Å². The Hall–Kier alpha value is -1.66. The van der Waals surface area contributed by atoms with E-state index in [1.807, 2.05) is 0 Å².